The molecule has 4 saturated heterocycles. The van der Waals surface area contributed by atoms with E-state index in [1.54, 1.807) is 0 Å². The third kappa shape index (κ3) is 1.57. The van der Waals surface area contributed by atoms with Crippen molar-refractivity contribution in [1.82, 2.24) is 0 Å². The summed E-state index contributed by atoms with van der Waals surface area (Å²) in [6, 6.07) is 0. The molecule has 0 N–H and O–H groups in total. The molecule has 14 heavy (non-hydrogen) atoms. The second kappa shape index (κ2) is 2.77. The molecule has 0 atom stereocenters. The van der Waals surface area contributed by atoms with E-state index in [-0.39, 0.29) is 0 Å². The zero-order valence-electron chi connectivity index (χ0n) is 6.01. The van der Waals surface area contributed by atoms with Crippen molar-refractivity contribution >= 4 is 0 Å². The molecule has 0 spiro atoms. The van der Waals surface area contributed by atoms with E-state index in [1.165, 1.54) is 0 Å². The topological polar surface area (TPSA) is 114 Å². The molecule has 4 bridgehead atoms. The van der Waals surface area contributed by atoms with Crippen molar-refractivity contribution in [3.8, 4) is 0 Å². The van der Waals surface area contributed by atoms with Crippen LogP contribution in [0.4, 0.5) is 0 Å². The Morgan fingerprint density at radius 3 is 1.29 bits per heavy atom. The van der Waals surface area contributed by atoms with Gasteiger partial charge in [-0.05, 0) is 0 Å². The Labute approximate surface area is 93.5 Å². The molecule has 4 aliphatic rings. The average Bonchev–Trinajstić information content (AvgIpc) is 1.67. The van der Waals surface area contributed by atoms with E-state index in [0.717, 1.165) is 0 Å². The maximum atomic E-state index is 11.7. The summed E-state index contributed by atoms with van der Waals surface area (Å²) < 4.78 is 68.4. The van der Waals surface area contributed by atoms with Crippen molar-refractivity contribution in [3.63, 3.8) is 0 Å². The first kappa shape index (κ1) is 10.9. The Morgan fingerprint density at radius 2 is 1.00 bits per heavy atom. The van der Waals surface area contributed by atoms with Crippen LogP contribution >= 0.6 is 0 Å². The van der Waals surface area contributed by atoms with E-state index in [2.05, 4.69) is 10.2 Å². The van der Waals surface area contributed by atoms with E-state index < -0.39 is 71.1 Å². The Hall–Kier alpha value is 1.75. The molecule has 0 radical (unpaired) electrons. The molecule has 0 aromatic carbocycles. The van der Waals surface area contributed by atoms with Crippen molar-refractivity contribution < 1.29 is 91.7 Å². The summed E-state index contributed by atoms with van der Waals surface area (Å²) >= 11 is -19.5. The Morgan fingerprint density at radius 1 is 0.643 bits per heavy atom. The van der Waals surface area contributed by atoms with Gasteiger partial charge in [0.25, 0.3) is 0 Å². The molecule has 4 heterocycles. The van der Waals surface area contributed by atoms with E-state index >= 15 is 0 Å². The van der Waals surface area contributed by atoms with Crippen LogP contribution in [0.25, 0.3) is 0 Å². The zero-order chi connectivity index (χ0) is 10.2. The summed E-state index contributed by atoms with van der Waals surface area (Å²) in [4.78, 5) is 0. The molecule has 0 aliphatic carbocycles. The molecule has 4 fully saturated rings. The van der Waals surface area contributed by atoms with Gasteiger partial charge in [-0.2, -0.15) is 0 Å². The SMILES string of the molecule is [O]=[Mo]12[CH2][Mo]3(=[O])[O][Mo](=[O])([O]1)[O][Mo](=[O])([O]2)[O]3. The van der Waals surface area contributed by atoms with Crippen LogP contribution in [-0.2, 0) is 91.7 Å². The molecule has 4 aliphatic heterocycles. The van der Waals surface area contributed by atoms with Gasteiger partial charge in [0.2, 0.25) is 0 Å². The molecule has 0 amide bonds. The quantitative estimate of drug-likeness (QED) is 0.379. The van der Waals surface area contributed by atoms with Gasteiger partial charge < -0.3 is 0 Å². The molecule has 0 aromatic rings. The molecule has 0 unspecified atom stereocenters. The third-order valence-corrected chi connectivity index (χ3v) is 42.1. The summed E-state index contributed by atoms with van der Waals surface area (Å²) in [5, 5.41) is 0. The van der Waals surface area contributed by atoms with Gasteiger partial charge in [0.1, 0.15) is 0 Å². The fourth-order valence-electron chi connectivity index (χ4n) is 0.956. The summed E-state index contributed by atoms with van der Waals surface area (Å²) in [5.74, 6) is 0. The van der Waals surface area contributed by atoms with Gasteiger partial charge in [0.15, 0.2) is 0 Å². The molecule has 84 valence electrons. The van der Waals surface area contributed by atoms with E-state index in [4.69, 9.17) is 0 Å². The van der Waals surface area contributed by atoms with Gasteiger partial charge in [-0.3, -0.25) is 0 Å². The summed E-state index contributed by atoms with van der Waals surface area (Å²) in [6.07, 6.45) is 0. The Balaban J connectivity index is 2.27. The van der Waals surface area contributed by atoms with Crippen LogP contribution in [0, 0.1) is 0 Å². The first-order valence-corrected chi connectivity index (χ1v) is 17.2. The predicted molar refractivity (Wildman–Crippen MR) is 13.0 cm³/mol. The third-order valence-electron chi connectivity index (χ3n) is 1.20. The van der Waals surface area contributed by atoms with Crippen LogP contribution < -0.4 is 0 Å². The van der Waals surface area contributed by atoms with Crippen molar-refractivity contribution in [2.75, 3.05) is 0 Å². The fraction of sp³-hybridized carbons (Fsp3) is 1.00. The summed E-state index contributed by atoms with van der Waals surface area (Å²) in [6.45, 7) is 0. The minimum absolute atomic E-state index is 0.500. The van der Waals surface area contributed by atoms with E-state index in [9.17, 15) is 13.6 Å². The molecule has 0 aromatic heterocycles. The standard InChI is InChI=1S/CH2.4Mo.9O/h1H2;;;;;;;;;;;;;. The number of hydrogen-bond acceptors (Lipinski definition) is 9. The van der Waals surface area contributed by atoms with Crippen molar-refractivity contribution in [2.45, 2.75) is 3.20 Å². The van der Waals surface area contributed by atoms with Crippen LogP contribution in [0.5, 0.6) is 0 Å². The summed E-state index contributed by atoms with van der Waals surface area (Å²) in [7, 11) is 0. The van der Waals surface area contributed by atoms with Gasteiger partial charge in [-0.1, -0.05) is 0 Å². The van der Waals surface area contributed by atoms with Crippen LogP contribution in [0.3, 0.4) is 0 Å². The first-order valence-electron chi connectivity index (χ1n) is 2.91. The molecule has 9 nitrogen and oxygen atoms in total. The van der Waals surface area contributed by atoms with Crippen LogP contribution in [0.1, 0.15) is 0 Å². The van der Waals surface area contributed by atoms with Gasteiger partial charge >= 0.3 is 94.9 Å². The van der Waals surface area contributed by atoms with Gasteiger partial charge in [0, 0.05) is 0 Å². The summed E-state index contributed by atoms with van der Waals surface area (Å²) in [5.41, 5.74) is 0. The number of hydrogen-bond donors (Lipinski definition) is 0. The van der Waals surface area contributed by atoms with E-state index in [0.29, 0.717) is 0 Å². The molecular formula is CH2Mo4O9. The Bertz CT molecular complexity index is 348. The molecule has 4 rings (SSSR count). The molecule has 13 heteroatoms. The maximum absolute atomic E-state index is 11.7. The fourth-order valence-corrected chi connectivity index (χ4v) is 62.6. The average molecular weight is 542 g/mol. The predicted octanol–water partition coefficient (Wildman–Crippen LogP) is -0.366. The molecular weight excluding hydrogens is 540 g/mol. The second-order valence-electron chi connectivity index (χ2n) is 2.39. The van der Waals surface area contributed by atoms with Gasteiger partial charge in [0.05, 0.1) is 0 Å². The number of rotatable bonds is 0. The van der Waals surface area contributed by atoms with Crippen molar-refractivity contribution in [1.29, 1.82) is 0 Å². The van der Waals surface area contributed by atoms with Crippen LogP contribution in [0.15, 0.2) is 0 Å². The first-order chi connectivity index (χ1) is 6.24. The van der Waals surface area contributed by atoms with E-state index in [1.807, 2.05) is 0 Å². The van der Waals surface area contributed by atoms with Crippen LogP contribution in [-0.4, -0.2) is 0 Å². The zero-order valence-corrected chi connectivity index (χ0v) is 14.0. The minimum atomic E-state index is -5.06. The second-order valence-corrected chi connectivity index (χ2v) is 27.5. The van der Waals surface area contributed by atoms with Crippen molar-refractivity contribution in [2.24, 2.45) is 0 Å². The van der Waals surface area contributed by atoms with Crippen molar-refractivity contribution in [3.05, 3.63) is 0 Å². The normalized spacial score (nSPS) is 65.7. The van der Waals surface area contributed by atoms with Gasteiger partial charge in [-0.25, -0.2) is 0 Å². The van der Waals surface area contributed by atoms with Gasteiger partial charge in [-0.15, -0.1) is 0 Å². The Kier molecular flexibility index (Phi) is 2.15. The molecule has 0 saturated carbocycles. The monoisotopic (exact) mass is 550 g/mol. The van der Waals surface area contributed by atoms with Crippen LogP contribution in [0.2, 0.25) is 3.20 Å².